The number of aryl methyl sites for hydroxylation is 1. The van der Waals surface area contributed by atoms with E-state index in [0.29, 0.717) is 13.2 Å². The first-order chi connectivity index (χ1) is 10.8. The fourth-order valence-electron chi connectivity index (χ4n) is 1.93. The van der Waals surface area contributed by atoms with E-state index in [0.717, 1.165) is 31.2 Å². The van der Waals surface area contributed by atoms with Crippen molar-refractivity contribution in [1.29, 1.82) is 0 Å². The number of ether oxygens (including phenoxy) is 1. The molecule has 0 amide bonds. The molecule has 2 heterocycles. The fourth-order valence-corrected chi connectivity index (χ4v) is 2.75. The lowest BCUT2D eigenvalue weighted by Gasteiger charge is -2.11. The molecule has 0 aliphatic carbocycles. The van der Waals surface area contributed by atoms with Crippen molar-refractivity contribution >= 4 is 17.3 Å². The second-order valence-electron chi connectivity index (χ2n) is 4.85. The van der Waals surface area contributed by atoms with Gasteiger partial charge in [0, 0.05) is 36.4 Å². The molecule has 0 aromatic carbocycles. The van der Waals surface area contributed by atoms with Gasteiger partial charge in [0.25, 0.3) is 0 Å². The van der Waals surface area contributed by atoms with E-state index in [4.69, 9.17) is 9.15 Å². The molecule has 0 aliphatic heterocycles. The molecule has 2 aromatic heterocycles. The predicted molar refractivity (Wildman–Crippen MR) is 90.5 cm³/mol. The van der Waals surface area contributed by atoms with E-state index in [1.54, 1.807) is 24.7 Å². The summed E-state index contributed by atoms with van der Waals surface area (Å²) in [5.74, 6) is 1.77. The van der Waals surface area contributed by atoms with Crippen LogP contribution in [0.3, 0.4) is 0 Å². The summed E-state index contributed by atoms with van der Waals surface area (Å²) < 4.78 is 10.4. The van der Waals surface area contributed by atoms with Gasteiger partial charge in [0.05, 0.1) is 19.4 Å². The molecule has 2 N–H and O–H groups in total. The van der Waals surface area contributed by atoms with Crippen LogP contribution in [-0.2, 0) is 17.7 Å². The molecule has 22 heavy (non-hydrogen) atoms. The fraction of sp³-hybridized carbons (Fsp3) is 0.438. The molecule has 0 saturated carbocycles. The van der Waals surface area contributed by atoms with Crippen molar-refractivity contribution < 1.29 is 9.15 Å². The Kier molecular flexibility index (Phi) is 6.99. The van der Waals surface area contributed by atoms with Gasteiger partial charge in [-0.1, -0.05) is 0 Å². The zero-order valence-corrected chi connectivity index (χ0v) is 13.9. The number of hydrogen-bond acceptors (Lipinski definition) is 4. The lowest BCUT2D eigenvalue weighted by molar-refractivity contribution is 0.203. The third kappa shape index (κ3) is 5.91. The lowest BCUT2D eigenvalue weighted by atomic mass is 10.3. The number of methoxy groups -OCH3 is 1. The van der Waals surface area contributed by atoms with Gasteiger partial charge in [-0.05, 0) is 31.2 Å². The molecule has 2 aromatic rings. The average Bonchev–Trinajstić information content (AvgIpc) is 3.16. The van der Waals surface area contributed by atoms with Crippen molar-refractivity contribution in [3.8, 4) is 0 Å². The molecule has 0 saturated heterocycles. The van der Waals surface area contributed by atoms with Crippen LogP contribution >= 0.6 is 11.3 Å². The topological polar surface area (TPSA) is 58.8 Å². The van der Waals surface area contributed by atoms with Gasteiger partial charge in [-0.25, -0.2) is 4.99 Å². The van der Waals surface area contributed by atoms with Gasteiger partial charge in [-0.3, -0.25) is 0 Å². The number of furan rings is 1. The van der Waals surface area contributed by atoms with E-state index in [-0.39, 0.29) is 0 Å². The molecule has 6 heteroatoms. The van der Waals surface area contributed by atoms with Crippen LogP contribution in [0.5, 0.6) is 0 Å². The van der Waals surface area contributed by atoms with E-state index < -0.39 is 0 Å². The Labute approximate surface area is 135 Å². The molecule has 0 radical (unpaired) electrons. The number of thiophene rings is 1. The third-order valence-corrected chi connectivity index (χ3v) is 4.02. The summed E-state index contributed by atoms with van der Waals surface area (Å²) in [5, 5.41) is 6.59. The Hall–Kier alpha value is -1.79. The number of guanidine groups is 1. The third-order valence-electron chi connectivity index (χ3n) is 3.03. The first kappa shape index (κ1) is 16.6. The molecule has 0 fully saturated rings. The normalized spacial score (nSPS) is 11.6. The second-order valence-corrected chi connectivity index (χ2v) is 6.23. The van der Waals surface area contributed by atoms with Gasteiger partial charge in [0.15, 0.2) is 5.96 Å². The predicted octanol–water partition coefficient (Wildman–Crippen LogP) is 2.57. The maximum atomic E-state index is 5.33. The Morgan fingerprint density at radius 3 is 2.82 bits per heavy atom. The van der Waals surface area contributed by atoms with Crippen LogP contribution in [-0.4, -0.2) is 32.8 Å². The SMILES string of the molecule is COCCNC(=NCc1ccc(C)s1)NCCc1ccco1. The zero-order chi connectivity index (χ0) is 15.6. The number of nitrogens with zero attached hydrogens (tertiary/aromatic N) is 1. The molecule has 0 aliphatic rings. The van der Waals surface area contributed by atoms with Gasteiger partial charge < -0.3 is 19.8 Å². The van der Waals surface area contributed by atoms with Gasteiger partial charge in [0.1, 0.15) is 5.76 Å². The number of nitrogens with one attached hydrogen (secondary N) is 2. The molecule has 2 rings (SSSR count). The average molecular weight is 321 g/mol. The molecule has 0 bridgehead atoms. The van der Waals surface area contributed by atoms with Crippen molar-refractivity contribution in [2.24, 2.45) is 4.99 Å². The maximum Gasteiger partial charge on any atom is 0.191 e. The zero-order valence-electron chi connectivity index (χ0n) is 13.1. The molecule has 120 valence electrons. The number of hydrogen-bond donors (Lipinski definition) is 2. The molecular formula is C16H23N3O2S. The lowest BCUT2D eigenvalue weighted by Crippen LogP contribution is -2.39. The number of rotatable bonds is 8. The first-order valence-corrected chi connectivity index (χ1v) is 8.18. The van der Waals surface area contributed by atoms with Crippen molar-refractivity contribution in [1.82, 2.24) is 10.6 Å². The van der Waals surface area contributed by atoms with Crippen LogP contribution in [0, 0.1) is 6.92 Å². The minimum Gasteiger partial charge on any atom is -0.469 e. The Balaban J connectivity index is 1.83. The van der Waals surface area contributed by atoms with E-state index in [1.165, 1.54) is 9.75 Å². The summed E-state index contributed by atoms with van der Waals surface area (Å²) >= 11 is 1.78. The van der Waals surface area contributed by atoms with Crippen molar-refractivity contribution in [2.75, 3.05) is 26.8 Å². The van der Waals surface area contributed by atoms with E-state index in [2.05, 4.69) is 34.7 Å². The van der Waals surface area contributed by atoms with Crippen LogP contribution in [0.1, 0.15) is 15.5 Å². The van der Waals surface area contributed by atoms with E-state index >= 15 is 0 Å². The Morgan fingerprint density at radius 2 is 2.14 bits per heavy atom. The van der Waals surface area contributed by atoms with Gasteiger partial charge in [0.2, 0.25) is 0 Å². The molecule has 5 nitrogen and oxygen atoms in total. The van der Waals surface area contributed by atoms with E-state index in [9.17, 15) is 0 Å². The minimum absolute atomic E-state index is 0.650. The Morgan fingerprint density at radius 1 is 1.27 bits per heavy atom. The standard InChI is InChI=1S/C16H23N3O2S/c1-13-5-6-15(22-13)12-19-16(18-9-11-20-2)17-8-7-14-4-3-10-21-14/h3-6,10H,7-9,11-12H2,1-2H3,(H2,17,18,19). The Bertz CT molecular complexity index is 564. The summed E-state index contributed by atoms with van der Waals surface area (Å²) in [5.41, 5.74) is 0. The largest absolute Gasteiger partial charge is 0.469 e. The maximum absolute atomic E-state index is 5.33. The van der Waals surface area contributed by atoms with Crippen molar-refractivity contribution in [3.05, 3.63) is 46.0 Å². The molecular weight excluding hydrogens is 298 g/mol. The monoisotopic (exact) mass is 321 g/mol. The molecule has 0 atom stereocenters. The van der Waals surface area contributed by atoms with Crippen LogP contribution in [0.4, 0.5) is 0 Å². The number of aliphatic imine (C=N–C) groups is 1. The minimum atomic E-state index is 0.650. The highest BCUT2D eigenvalue weighted by Crippen LogP contribution is 2.15. The summed E-state index contributed by atoms with van der Waals surface area (Å²) in [6, 6.07) is 8.13. The summed E-state index contributed by atoms with van der Waals surface area (Å²) in [4.78, 5) is 7.19. The van der Waals surface area contributed by atoms with Gasteiger partial charge in [-0.2, -0.15) is 0 Å². The van der Waals surface area contributed by atoms with Crippen LogP contribution in [0.15, 0.2) is 39.9 Å². The van der Waals surface area contributed by atoms with Crippen LogP contribution in [0.2, 0.25) is 0 Å². The molecule has 0 unspecified atom stereocenters. The molecule has 0 spiro atoms. The summed E-state index contributed by atoms with van der Waals surface area (Å²) in [7, 11) is 1.69. The highest BCUT2D eigenvalue weighted by molar-refractivity contribution is 7.11. The quantitative estimate of drug-likeness (QED) is 0.446. The second kappa shape index (κ2) is 9.27. The van der Waals surface area contributed by atoms with E-state index in [1.807, 2.05) is 12.1 Å². The smallest absolute Gasteiger partial charge is 0.191 e. The highest BCUT2D eigenvalue weighted by atomic mass is 32.1. The van der Waals surface area contributed by atoms with Crippen molar-refractivity contribution in [3.63, 3.8) is 0 Å². The van der Waals surface area contributed by atoms with Crippen LogP contribution in [0.25, 0.3) is 0 Å². The first-order valence-electron chi connectivity index (χ1n) is 7.37. The highest BCUT2D eigenvalue weighted by Gasteiger charge is 2.01. The van der Waals surface area contributed by atoms with Gasteiger partial charge in [-0.15, -0.1) is 11.3 Å². The van der Waals surface area contributed by atoms with Crippen LogP contribution < -0.4 is 10.6 Å². The summed E-state index contributed by atoms with van der Waals surface area (Å²) in [6.07, 6.45) is 2.52. The van der Waals surface area contributed by atoms with Gasteiger partial charge >= 0.3 is 0 Å². The summed E-state index contributed by atoms with van der Waals surface area (Å²) in [6.45, 7) is 4.94. The van der Waals surface area contributed by atoms with Crippen molar-refractivity contribution in [2.45, 2.75) is 19.9 Å².